The number of hydrogen-bond acceptors (Lipinski definition) is 3. The van der Waals surface area contributed by atoms with Crippen LogP contribution in [0.4, 0.5) is 5.69 Å². The lowest BCUT2D eigenvalue weighted by Gasteiger charge is -2.24. The molecule has 0 saturated carbocycles. The molecule has 2 rings (SSSR count). The van der Waals surface area contributed by atoms with E-state index in [9.17, 15) is 0 Å². The van der Waals surface area contributed by atoms with Crippen LogP contribution in [0.3, 0.4) is 0 Å². The van der Waals surface area contributed by atoms with E-state index in [0.717, 1.165) is 45.7 Å². The SMILES string of the molecule is Cc1cc(CCN)ccc1N1CCCOCC1. The highest BCUT2D eigenvalue weighted by atomic mass is 16.5. The molecule has 0 radical (unpaired) electrons. The number of benzene rings is 1. The minimum Gasteiger partial charge on any atom is -0.380 e. The largest absolute Gasteiger partial charge is 0.380 e. The highest BCUT2D eigenvalue weighted by molar-refractivity contribution is 5.54. The maximum absolute atomic E-state index is 5.59. The molecule has 1 aliphatic heterocycles. The van der Waals surface area contributed by atoms with Crippen LogP contribution >= 0.6 is 0 Å². The van der Waals surface area contributed by atoms with Gasteiger partial charge in [0.15, 0.2) is 0 Å². The van der Waals surface area contributed by atoms with E-state index in [1.54, 1.807) is 0 Å². The fourth-order valence-electron chi connectivity index (χ4n) is 2.38. The van der Waals surface area contributed by atoms with Gasteiger partial charge in [0.1, 0.15) is 0 Å². The first-order valence-electron chi connectivity index (χ1n) is 6.43. The third-order valence-electron chi connectivity index (χ3n) is 3.26. The van der Waals surface area contributed by atoms with Crippen LogP contribution in [-0.2, 0) is 11.2 Å². The molecule has 0 aliphatic carbocycles. The normalized spacial score (nSPS) is 16.9. The van der Waals surface area contributed by atoms with Gasteiger partial charge in [0.05, 0.1) is 6.61 Å². The van der Waals surface area contributed by atoms with Crippen molar-refractivity contribution >= 4 is 5.69 Å². The van der Waals surface area contributed by atoms with Crippen molar-refractivity contribution in [2.75, 3.05) is 37.7 Å². The third-order valence-corrected chi connectivity index (χ3v) is 3.26. The van der Waals surface area contributed by atoms with Crippen LogP contribution in [0.15, 0.2) is 18.2 Å². The van der Waals surface area contributed by atoms with Gasteiger partial charge in [-0.2, -0.15) is 0 Å². The van der Waals surface area contributed by atoms with Crippen LogP contribution in [0, 0.1) is 6.92 Å². The summed E-state index contributed by atoms with van der Waals surface area (Å²) in [5.74, 6) is 0. The second-order valence-electron chi connectivity index (χ2n) is 4.61. The molecule has 0 amide bonds. The number of anilines is 1. The predicted molar refractivity (Wildman–Crippen MR) is 71.6 cm³/mol. The lowest BCUT2D eigenvalue weighted by atomic mass is 10.1. The maximum atomic E-state index is 5.59. The van der Waals surface area contributed by atoms with Gasteiger partial charge in [-0.25, -0.2) is 0 Å². The lowest BCUT2D eigenvalue weighted by molar-refractivity contribution is 0.152. The Hall–Kier alpha value is -1.06. The molecule has 3 heteroatoms. The Kier molecular flexibility index (Phi) is 4.40. The van der Waals surface area contributed by atoms with Crippen molar-refractivity contribution in [2.45, 2.75) is 19.8 Å². The van der Waals surface area contributed by atoms with Gasteiger partial charge < -0.3 is 15.4 Å². The van der Waals surface area contributed by atoms with E-state index in [1.165, 1.54) is 16.8 Å². The van der Waals surface area contributed by atoms with Crippen molar-refractivity contribution < 1.29 is 4.74 Å². The molecule has 1 aromatic carbocycles. The molecule has 1 heterocycles. The van der Waals surface area contributed by atoms with Gasteiger partial charge in [-0.3, -0.25) is 0 Å². The van der Waals surface area contributed by atoms with Crippen molar-refractivity contribution in [3.8, 4) is 0 Å². The molecule has 0 spiro atoms. The molecule has 3 nitrogen and oxygen atoms in total. The molecule has 1 fully saturated rings. The van der Waals surface area contributed by atoms with Gasteiger partial charge >= 0.3 is 0 Å². The number of hydrogen-bond donors (Lipinski definition) is 1. The van der Waals surface area contributed by atoms with Crippen LogP contribution < -0.4 is 10.6 Å². The first-order chi connectivity index (χ1) is 8.31. The van der Waals surface area contributed by atoms with Crippen LogP contribution in [0.1, 0.15) is 17.5 Å². The summed E-state index contributed by atoms with van der Waals surface area (Å²) in [5, 5.41) is 0. The van der Waals surface area contributed by atoms with E-state index in [2.05, 4.69) is 30.0 Å². The standard InChI is InChI=1S/C14H22N2O/c1-12-11-13(5-6-15)3-4-14(12)16-7-2-9-17-10-8-16/h3-4,11H,2,5-10,15H2,1H3. The summed E-state index contributed by atoms with van der Waals surface area (Å²) in [7, 11) is 0. The average molecular weight is 234 g/mol. The highest BCUT2D eigenvalue weighted by Gasteiger charge is 2.12. The number of nitrogens with two attached hydrogens (primary N) is 1. The summed E-state index contributed by atoms with van der Waals surface area (Å²) in [6.07, 6.45) is 2.08. The van der Waals surface area contributed by atoms with Gasteiger partial charge in [-0.1, -0.05) is 12.1 Å². The van der Waals surface area contributed by atoms with Gasteiger partial charge in [0.25, 0.3) is 0 Å². The van der Waals surface area contributed by atoms with Crippen molar-refractivity contribution in [1.29, 1.82) is 0 Å². The zero-order valence-corrected chi connectivity index (χ0v) is 10.6. The molecule has 1 aliphatic rings. The monoisotopic (exact) mass is 234 g/mol. The van der Waals surface area contributed by atoms with E-state index in [1.807, 2.05) is 0 Å². The van der Waals surface area contributed by atoms with Gasteiger partial charge in [-0.05, 0) is 43.5 Å². The number of rotatable bonds is 3. The molecule has 0 atom stereocenters. The van der Waals surface area contributed by atoms with Crippen molar-refractivity contribution in [3.05, 3.63) is 29.3 Å². The molecular formula is C14H22N2O. The van der Waals surface area contributed by atoms with Gasteiger partial charge in [0.2, 0.25) is 0 Å². The minimum atomic E-state index is 0.719. The Bertz CT molecular complexity index is 357. The smallest absolute Gasteiger partial charge is 0.0641 e. The highest BCUT2D eigenvalue weighted by Crippen LogP contribution is 2.22. The molecule has 1 saturated heterocycles. The van der Waals surface area contributed by atoms with Crippen LogP contribution in [-0.4, -0.2) is 32.8 Å². The molecule has 17 heavy (non-hydrogen) atoms. The summed E-state index contributed by atoms with van der Waals surface area (Å²) in [4.78, 5) is 2.43. The Morgan fingerprint density at radius 2 is 2.18 bits per heavy atom. The fraction of sp³-hybridized carbons (Fsp3) is 0.571. The topological polar surface area (TPSA) is 38.5 Å². The third kappa shape index (κ3) is 3.20. The average Bonchev–Trinajstić information content (AvgIpc) is 2.58. The second-order valence-corrected chi connectivity index (χ2v) is 4.61. The molecule has 0 unspecified atom stereocenters. The maximum Gasteiger partial charge on any atom is 0.0641 e. The molecule has 0 bridgehead atoms. The quantitative estimate of drug-likeness (QED) is 0.865. The van der Waals surface area contributed by atoms with Crippen molar-refractivity contribution in [2.24, 2.45) is 5.73 Å². The first kappa shape index (κ1) is 12.4. The number of ether oxygens (including phenoxy) is 1. The minimum absolute atomic E-state index is 0.719. The Balaban J connectivity index is 2.14. The van der Waals surface area contributed by atoms with Crippen LogP contribution in [0.2, 0.25) is 0 Å². The van der Waals surface area contributed by atoms with E-state index in [4.69, 9.17) is 10.5 Å². The zero-order chi connectivity index (χ0) is 12.1. The van der Waals surface area contributed by atoms with Crippen LogP contribution in [0.5, 0.6) is 0 Å². The van der Waals surface area contributed by atoms with Crippen molar-refractivity contribution in [1.82, 2.24) is 0 Å². The van der Waals surface area contributed by atoms with E-state index >= 15 is 0 Å². The molecule has 94 valence electrons. The zero-order valence-electron chi connectivity index (χ0n) is 10.6. The van der Waals surface area contributed by atoms with Crippen molar-refractivity contribution in [3.63, 3.8) is 0 Å². The van der Waals surface area contributed by atoms with Gasteiger partial charge in [0, 0.05) is 25.4 Å². The number of aryl methyl sites for hydroxylation is 1. The molecule has 1 aromatic rings. The summed E-state index contributed by atoms with van der Waals surface area (Å²) in [5.41, 5.74) is 9.61. The Morgan fingerprint density at radius 1 is 1.29 bits per heavy atom. The van der Waals surface area contributed by atoms with E-state index < -0.39 is 0 Å². The summed E-state index contributed by atoms with van der Waals surface area (Å²) in [6.45, 7) is 6.72. The predicted octanol–water partition coefficient (Wildman–Crippen LogP) is 1.72. The second kappa shape index (κ2) is 6.03. The number of nitrogens with zero attached hydrogens (tertiary/aromatic N) is 1. The van der Waals surface area contributed by atoms with Gasteiger partial charge in [-0.15, -0.1) is 0 Å². The molecule has 2 N–H and O–H groups in total. The van der Waals surface area contributed by atoms with E-state index in [-0.39, 0.29) is 0 Å². The molecular weight excluding hydrogens is 212 g/mol. The van der Waals surface area contributed by atoms with Crippen LogP contribution in [0.25, 0.3) is 0 Å². The Morgan fingerprint density at radius 3 is 2.94 bits per heavy atom. The first-order valence-corrected chi connectivity index (χ1v) is 6.43. The summed E-state index contributed by atoms with van der Waals surface area (Å²) < 4.78 is 5.49. The summed E-state index contributed by atoms with van der Waals surface area (Å²) >= 11 is 0. The fourth-order valence-corrected chi connectivity index (χ4v) is 2.38. The molecule has 0 aromatic heterocycles. The summed E-state index contributed by atoms with van der Waals surface area (Å²) in [6, 6.07) is 6.68. The van der Waals surface area contributed by atoms with E-state index in [0.29, 0.717) is 0 Å². The Labute approximate surface area is 104 Å². The lowest BCUT2D eigenvalue weighted by Crippen LogP contribution is -2.26.